The van der Waals surface area contributed by atoms with Gasteiger partial charge in [-0.15, -0.1) is 0 Å². The minimum absolute atomic E-state index is 0.0269. The molecule has 18 heavy (non-hydrogen) atoms. The van der Waals surface area contributed by atoms with E-state index in [4.69, 9.17) is 4.74 Å². The maximum atomic E-state index is 13.9. The van der Waals surface area contributed by atoms with E-state index in [0.717, 1.165) is 24.9 Å². The quantitative estimate of drug-likeness (QED) is 0.791. The zero-order valence-electron chi connectivity index (χ0n) is 11.8. The topological polar surface area (TPSA) is 21.3 Å². The van der Waals surface area contributed by atoms with Crippen LogP contribution in [0.15, 0.2) is 18.2 Å². The second-order valence-electron chi connectivity index (χ2n) is 4.67. The molecule has 1 aromatic carbocycles. The van der Waals surface area contributed by atoms with Crippen LogP contribution in [0, 0.1) is 5.82 Å². The molecule has 0 bridgehead atoms. The average Bonchev–Trinajstić information content (AvgIpc) is 2.38. The standard InChI is InChI=1S/C15H24FNO/c1-5-10-17-12(4)13-8-7-9-14(16)15(13)18-11(3)6-2/h7-9,11-12,17H,5-6,10H2,1-4H3. The predicted molar refractivity (Wildman–Crippen MR) is 73.5 cm³/mol. The van der Waals surface area contributed by atoms with Crippen LogP contribution in [-0.2, 0) is 0 Å². The maximum absolute atomic E-state index is 13.9. The van der Waals surface area contributed by atoms with Crippen molar-refractivity contribution in [3.05, 3.63) is 29.6 Å². The van der Waals surface area contributed by atoms with E-state index in [1.165, 1.54) is 6.07 Å². The molecule has 0 aliphatic heterocycles. The molecule has 1 rings (SSSR count). The summed E-state index contributed by atoms with van der Waals surface area (Å²) in [6.45, 7) is 9.06. The summed E-state index contributed by atoms with van der Waals surface area (Å²) in [7, 11) is 0. The number of para-hydroxylation sites is 1. The van der Waals surface area contributed by atoms with Gasteiger partial charge in [0.2, 0.25) is 0 Å². The molecular weight excluding hydrogens is 229 g/mol. The number of nitrogens with one attached hydrogen (secondary N) is 1. The van der Waals surface area contributed by atoms with E-state index in [0.29, 0.717) is 5.75 Å². The molecule has 2 unspecified atom stereocenters. The summed E-state index contributed by atoms with van der Waals surface area (Å²) in [5.41, 5.74) is 0.892. The van der Waals surface area contributed by atoms with Crippen molar-refractivity contribution in [3.63, 3.8) is 0 Å². The van der Waals surface area contributed by atoms with Crippen LogP contribution >= 0.6 is 0 Å². The Balaban J connectivity index is 2.92. The van der Waals surface area contributed by atoms with E-state index in [9.17, 15) is 4.39 Å². The Kier molecular flexibility index (Phi) is 6.13. The van der Waals surface area contributed by atoms with Gasteiger partial charge in [-0.25, -0.2) is 4.39 Å². The molecule has 102 valence electrons. The number of hydrogen-bond donors (Lipinski definition) is 1. The molecule has 0 aliphatic carbocycles. The van der Waals surface area contributed by atoms with Gasteiger partial charge >= 0.3 is 0 Å². The van der Waals surface area contributed by atoms with Gasteiger partial charge in [0.05, 0.1) is 6.10 Å². The van der Waals surface area contributed by atoms with Crippen LogP contribution < -0.4 is 10.1 Å². The number of halogens is 1. The van der Waals surface area contributed by atoms with Crippen LogP contribution in [0.5, 0.6) is 5.75 Å². The molecule has 2 atom stereocenters. The van der Waals surface area contributed by atoms with Crippen LogP contribution in [0.25, 0.3) is 0 Å². The minimum Gasteiger partial charge on any atom is -0.487 e. The zero-order chi connectivity index (χ0) is 13.5. The van der Waals surface area contributed by atoms with Crippen LogP contribution in [0.2, 0.25) is 0 Å². The van der Waals surface area contributed by atoms with Gasteiger partial charge in [0.15, 0.2) is 11.6 Å². The van der Waals surface area contributed by atoms with Crippen LogP contribution in [-0.4, -0.2) is 12.6 Å². The van der Waals surface area contributed by atoms with Crippen molar-refractivity contribution >= 4 is 0 Å². The van der Waals surface area contributed by atoms with E-state index in [2.05, 4.69) is 12.2 Å². The van der Waals surface area contributed by atoms with E-state index in [1.54, 1.807) is 6.07 Å². The summed E-state index contributed by atoms with van der Waals surface area (Å²) in [5, 5.41) is 3.36. The molecule has 0 saturated carbocycles. The molecule has 0 fully saturated rings. The number of benzene rings is 1. The molecule has 0 amide bonds. The van der Waals surface area contributed by atoms with Gasteiger partial charge in [-0.1, -0.05) is 26.0 Å². The second kappa shape index (κ2) is 7.37. The Morgan fingerprint density at radius 2 is 2.00 bits per heavy atom. The number of ether oxygens (including phenoxy) is 1. The van der Waals surface area contributed by atoms with E-state index in [-0.39, 0.29) is 18.0 Å². The largest absolute Gasteiger partial charge is 0.487 e. The molecule has 2 nitrogen and oxygen atoms in total. The smallest absolute Gasteiger partial charge is 0.165 e. The van der Waals surface area contributed by atoms with Crippen molar-refractivity contribution in [2.75, 3.05) is 6.54 Å². The fourth-order valence-electron chi connectivity index (χ4n) is 1.75. The Bertz CT molecular complexity index is 368. The van der Waals surface area contributed by atoms with Crippen molar-refractivity contribution < 1.29 is 9.13 Å². The molecular formula is C15H24FNO. The van der Waals surface area contributed by atoms with Gasteiger partial charge in [-0.05, 0) is 39.3 Å². The lowest BCUT2D eigenvalue weighted by Gasteiger charge is -2.21. The van der Waals surface area contributed by atoms with E-state index < -0.39 is 0 Å². The lowest BCUT2D eigenvalue weighted by molar-refractivity contribution is 0.204. The average molecular weight is 253 g/mol. The van der Waals surface area contributed by atoms with Crippen LogP contribution in [0.4, 0.5) is 4.39 Å². The summed E-state index contributed by atoms with van der Waals surface area (Å²) in [5.74, 6) is 0.112. The van der Waals surface area contributed by atoms with Crippen molar-refractivity contribution in [3.8, 4) is 5.75 Å². The first-order chi connectivity index (χ1) is 8.60. The highest BCUT2D eigenvalue weighted by atomic mass is 19.1. The van der Waals surface area contributed by atoms with Gasteiger partial charge in [-0.3, -0.25) is 0 Å². The highest BCUT2D eigenvalue weighted by Crippen LogP contribution is 2.29. The first-order valence-electron chi connectivity index (χ1n) is 6.78. The fraction of sp³-hybridized carbons (Fsp3) is 0.600. The third-order valence-corrected chi connectivity index (χ3v) is 3.06. The Hall–Kier alpha value is -1.09. The SMILES string of the molecule is CCCNC(C)c1cccc(F)c1OC(C)CC. The highest BCUT2D eigenvalue weighted by Gasteiger charge is 2.16. The summed E-state index contributed by atoms with van der Waals surface area (Å²) >= 11 is 0. The Labute approximate surface area is 110 Å². The normalized spacial score (nSPS) is 14.3. The maximum Gasteiger partial charge on any atom is 0.165 e. The van der Waals surface area contributed by atoms with Gasteiger partial charge in [0, 0.05) is 11.6 Å². The van der Waals surface area contributed by atoms with Crippen molar-refractivity contribution in [2.45, 2.75) is 52.7 Å². The molecule has 0 heterocycles. The van der Waals surface area contributed by atoms with Crippen molar-refractivity contribution in [1.29, 1.82) is 0 Å². The van der Waals surface area contributed by atoms with Gasteiger partial charge in [0.1, 0.15) is 0 Å². The predicted octanol–water partition coefficient (Wildman–Crippen LogP) is 4.06. The minimum atomic E-state index is -0.280. The second-order valence-corrected chi connectivity index (χ2v) is 4.67. The fourth-order valence-corrected chi connectivity index (χ4v) is 1.75. The Morgan fingerprint density at radius 1 is 1.28 bits per heavy atom. The summed E-state index contributed by atoms with van der Waals surface area (Å²) in [6.07, 6.45) is 1.95. The molecule has 3 heteroatoms. The Morgan fingerprint density at radius 3 is 2.61 bits per heavy atom. The molecule has 0 saturated heterocycles. The zero-order valence-corrected chi connectivity index (χ0v) is 11.8. The first kappa shape index (κ1) is 15.0. The monoisotopic (exact) mass is 253 g/mol. The highest BCUT2D eigenvalue weighted by molar-refractivity contribution is 5.37. The number of hydrogen-bond acceptors (Lipinski definition) is 2. The third kappa shape index (κ3) is 3.98. The lowest BCUT2D eigenvalue weighted by Crippen LogP contribution is -2.21. The summed E-state index contributed by atoms with van der Waals surface area (Å²) in [4.78, 5) is 0. The number of rotatable bonds is 7. The molecule has 0 spiro atoms. The van der Waals surface area contributed by atoms with E-state index >= 15 is 0 Å². The molecule has 0 aliphatic rings. The van der Waals surface area contributed by atoms with Gasteiger partial charge in [0.25, 0.3) is 0 Å². The van der Waals surface area contributed by atoms with Gasteiger partial charge in [-0.2, -0.15) is 0 Å². The van der Waals surface area contributed by atoms with Crippen LogP contribution in [0.1, 0.15) is 52.1 Å². The summed E-state index contributed by atoms with van der Waals surface area (Å²) < 4.78 is 19.6. The molecule has 1 aromatic rings. The lowest BCUT2D eigenvalue weighted by atomic mass is 10.1. The molecule has 0 radical (unpaired) electrons. The summed E-state index contributed by atoms with van der Waals surface area (Å²) in [6, 6.07) is 5.21. The molecule has 1 N–H and O–H groups in total. The van der Waals surface area contributed by atoms with Crippen molar-refractivity contribution in [1.82, 2.24) is 5.32 Å². The van der Waals surface area contributed by atoms with E-state index in [1.807, 2.05) is 26.8 Å². The van der Waals surface area contributed by atoms with Crippen LogP contribution in [0.3, 0.4) is 0 Å². The van der Waals surface area contributed by atoms with Gasteiger partial charge < -0.3 is 10.1 Å². The molecule has 0 aromatic heterocycles. The third-order valence-electron chi connectivity index (χ3n) is 3.06. The first-order valence-corrected chi connectivity index (χ1v) is 6.78. The van der Waals surface area contributed by atoms with Crippen molar-refractivity contribution in [2.24, 2.45) is 0 Å².